The van der Waals surface area contributed by atoms with Crippen molar-refractivity contribution in [1.29, 1.82) is 0 Å². The minimum absolute atomic E-state index is 0.302. The molecule has 0 aliphatic carbocycles. The maximum Gasteiger partial charge on any atom is 0.417 e. The largest absolute Gasteiger partial charge is 0.472 e. The topological polar surface area (TPSA) is 76.3 Å². The number of halogens is 2. The average molecular weight is 547 g/mol. The summed E-state index contributed by atoms with van der Waals surface area (Å²) in [5.74, 6) is -0.766. The van der Waals surface area contributed by atoms with Crippen molar-refractivity contribution in [1.82, 2.24) is 19.7 Å². The summed E-state index contributed by atoms with van der Waals surface area (Å²) in [5.41, 5.74) is 5.55. The van der Waals surface area contributed by atoms with E-state index in [0.717, 1.165) is 33.3 Å². The van der Waals surface area contributed by atoms with Crippen LogP contribution in [0.4, 0.5) is 4.39 Å². The fourth-order valence-corrected chi connectivity index (χ4v) is 4.59. The van der Waals surface area contributed by atoms with E-state index < -0.39 is 12.0 Å². The van der Waals surface area contributed by atoms with Crippen LogP contribution in [-0.4, -0.2) is 26.2 Å². The first-order valence-electron chi connectivity index (χ1n) is 11.3. The van der Waals surface area contributed by atoms with Crippen LogP contribution in [0.3, 0.4) is 0 Å². The molecule has 9 heteroatoms. The van der Waals surface area contributed by atoms with Gasteiger partial charge in [-0.05, 0) is 72.6 Å². The van der Waals surface area contributed by atoms with Gasteiger partial charge in [0.15, 0.2) is 5.58 Å². The van der Waals surface area contributed by atoms with Crippen molar-refractivity contribution in [3.8, 4) is 16.9 Å². The molecule has 0 fully saturated rings. The Hall–Kier alpha value is -4.11. The van der Waals surface area contributed by atoms with Gasteiger partial charge in [-0.3, -0.25) is 4.98 Å². The molecular weight excluding hydrogens is 527 g/mol. The molecule has 2 aromatic heterocycles. The van der Waals surface area contributed by atoms with E-state index in [1.54, 1.807) is 24.5 Å². The second-order valence-corrected chi connectivity index (χ2v) is 9.38. The van der Waals surface area contributed by atoms with Gasteiger partial charge in [0.25, 0.3) is 0 Å². The Kier molecular flexibility index (Phi) is 5.69. The van der Waals surface area contributed by atoms with Crippen molar-refractivity contribution in [2.45, 2.75) is 12.6 Å². The minimum Gasteiger partial charge on any atom is -0.472 e. The summed E-state index contributed by atoms with van der Waals surface area (Å²) in [6.07, 6.45) is 5.86. The van der Waals surface area contributed by atoms with E-state index in [1.807, 2.05) is 53.5 Å². The molecule has 0 saturated heterocycles. The number of hydrogen-bond donors (Lipinski definition) is 1. The van der Waals surface area contributed by atoms with Crippen LogP contribution >= 0.6 is 15.9 Å². The molecule has 7 nitrogen and oxygen atoms in total. The molecule has 5 aromatic rings. The van der Waals surface area contributed by atoms with Crippen LogP contribution in [0.15, 0.2) is 99.1 Å². The Morgan fingerprint density at radius 3 is 2.67 bits per heavy atom. The number of aromatic nitrogens is 3. The number of aromatic amines is 1. The van der Waals surface area contributed by atoms with Crippen LogP contribution in [0.25, 0.3) is 28.0 Å². The van der Waals surface area contributed by atoms with Gasteiger partial charge in [0.05, 0.1) is 16.8 Å². The number of rotatable bonds is 6. The summed E-state index contributed by atoms with van der Waals surface area (Å²) in [6.45, 7) is 0.668. The number of nitrogens with one attached hydrogen (secondary N) is 1. The van der Waals surface area contributed by atoms with E-state index in [4.69, 9.17) is 14.3 Å². The van der Waals surface area contributed by atoms with Crippen molar-refractivity contribution < 1.29 is 13.5 Å². The highest BCUT2D eigenvalue weighted by Crippen LogP contribution is 2.35. The smallest absolute Gasteiger partial charge is 0.417 e. The predicted molar refractivity (Wildman–Crippen MR) is 137 cm³/mol. The number of ether oxygens (including phenoxy) is 1. The zero-order valence-electron chi connectivity index (χ0n) is 18.9. The molecule has 0 bridgehead atoms. The highest BCUT2D eigenvalue weighted by molar-refractivity contribution is 9.10. The molecule has 0 saturated carbocycles. The molecule has 0 radical (unpaired) electrons. The third-order valence-electron chi connectivity index (χ3n) is 6.12. The highest BCUT2D eigenvalue weighted by Gasteiger charge is 2.28. The molecule has 3 heterocycles. The third kappa shape index (κ3) is 4.33. The molecule has 1 aliphatic rings. The Balaban J connectivity index is 1.31. The molecule has 6 rings (SSSR count). The van der Waals surface area contributed by atoms with Crippen molar-refractivity contribution in [2.24, 2.45) is 0 Å². The maximum absolute atomic E-state index is 13.6. The van der Waals surface area contributed by atoms with Gasteiger partial charge < -0.3 is 14.1 Å². The summed E-state index contributed by atoms with van der Waals surface area (Å²) in [7, 11) is 0. The van der Waals surface area contributed by atoms with E-state index in [9.17, 15) is 9.18 Å². The van der Waals surface area contributed by atoms with Crippen LogP contribution < -0.4 is 5.76 Å². The lowest BCUT2D eigenvalue weighted by molar-refractivity contribution is 0.0581. The SMILES string of the molecule is O=c1[nH]c2cc(CCN3C=COC3c3cn(-c4ccc(Br)cc4)nc3-c3ccc(F)cc3)ccc2o1. The van der Waals surface area contributed by atoms with Crippen LogP contribution in [-0.2, 0) is 11.2 Å². The first-order chi connectivity index (χ1) is 17.5. The molecule has 1 N–H and O–H groups in total. The zero-order valence-corrected chi connectivity index (χ0v) is 20.5. The molecule has 0 amide bonds. The average Bonchev–Trinajstić information content (AvgIpc) is 3.60. The highest BCUT2D eigenvalue weighted by atomic mass is 79.9. The summed E-state index contributed by atoms with van der Waals surface area (Å²) < 4.78 is 27.5. The van der Waals surface area contributed by atoms with E-state index >= 15 is 0 Å². The number of oxazole rings is 1. The van der Waals surface area contributed by atoms with Crippen molar-refractivity contribution in [3.63, 3.8) is 0 Å². The maximum atomic E-state index is 13.6. The second kappa shape index (κ2) is 9.16. The molecule has 36 heavy (non-hydrogen) atoms. The molecule has 3 aromatic carbocycles. The third-order valence-corrected chi connectivity index (χ3v) is 6.65. The number of H-pyrrole nitrogens is 1. The number of fused-ring (bicyclic) bond motifs is 1. The monoisotopic (exact) mass is 546 g/mol. The first kappa shape index (κ1) is 22.4. The summed E-state index contributed by atoms with van der Waals surface area (Å²) in [6, 6.07) is 19.8. The van der Waals surface area contributed by atoms with Crippen molar-refractivity contribution >= 4 is 27.0 Å². The fraction of sp³-hybridized carbons (Fsp3) is 0.111. The van der Waals surface area contributed by atoms with Gasteiger partial charge in [-0.15, -0.1) is 0 Å². The number of nitrogens with zero attached hydrogens (tertiary/aromatic N) is 3. The summed E-state index contributed by atoms with van der Waals surface area (Å²) in [5, 5.41) is 4.84. The van der Waals surface area contributed by atoms with E-state index in [-0.39, 0.29) is 5.82 Å². The van der Waals surface area contributed by atoms with Crippen molar-refractivity contribution in [3.05, 3.63) is 117 Å². The van der Waals surface area contributed by atoms with E-state index in [0.29, 0.717) is 23.3 Å². The lowest BCUT2D eigenvalue weighted by Gasteiger charge is -2.24. The van der Waals surface area contributed by atoms with Gasteiger partial charge in [0.1, 0.15) is 17.8 Å². The second-order valence-electron chi connectivity index (χ2n) is 8.47. The molecule has 1 unspecified atom stereocenters. The van der Waals surface area contributed by atoms with E-state index in [1.165, 1.54) is 12.1 Å². The van der Waals surface area contributed by atoms with Crippen molar-refractivity contribution in [2.75, 3.05) is 6.54 Å². The molecule has 0 spiro atoms. The van der Waals surface area contributed by atoms with Crippen LogP contribution in [0, 0.1) is 5.82 Å². The molecular formula is C27H20BrFN4O3. The fourth-order valence-electron chi connectivity index (χ4n) is 4.33. The first-order valence-corrected chi connectivity index (χ1v) is 12.1. The number of hydrogen-bond acceptors (Lipinski definition) is 5. The lowest BCUT2D eigenvalue weighted by atomic mass is 10.1. The minimum atomic E-state index is -0.464. The Morgan fingerprint density at radius 1 is 1.06 bits per heavy atom. The van der Waals surface area contributed by atoms with Gasteiger partial charge in [-0.1, -0.05) is 22.0 Å². The normalized spacial score (nSPS) is 15.1. The number of benzene rings is 3. The van der Waals surface area contributed by atoms with Gasteiger partial charge in [-0.2, -0.15) is 5.10 Å². The molecule has 180 valence electrons. The summed E-state index contributed by atoms with van der Waals surface area (Å²) in [4.78, 5) is 16.3. The Labute approximate surface area is 213 Å². The predicted octanol–water partition coefficient (Wildman–Crippen LogP) is 5.92. The lowest BCUT2D eigenvalue weighted by Crippen LogP contribution is -2.23. The van der Waals surface area contributed by atoms with Crippen LogP contribution in [0.2, 0.25) is 0 Å². The molecule has 1 aliphatic heterocycles. The quantitative estimate of drug-likeness (QED) is 0.286. The Bertz CT molecular complexity index is 1620. The van der Waals surface area contributed by atoms with Gasteiger partial charge in [0, 0.05) is 29.0 Å². The van der Waals surface area contributed by atoms with Crippen LogP contribution in [0.5, 0.6) is 0 Å². The Morgan fingerprint density at radius 2 is 1.86 bits per heavy atom. The van der Waals surface area contributed by atoms with Crippen LogP contribution in [0.1, 0.15) is 17.4 Å². The standard InChI is InChI=1S/C27H20BrFN4O3/c28-19-4-8-21(9-5-19)33-16-22(25(31-33)18-2-6-20(29)7-3-18)26-32(13-14-35-26)12-11-17-1-10-24-23(15-17)30-27(34)36-24/h1-10,13-16,26H,11-12H2,(H,30,34). The van der Waals surface area contributed by atoms with Gasteiger partial charge >= 0.3 is 5.76 Å². The zero-order chi connectivity index (χ0) is 24.6. The molecule has 1 atom stereocenters. The van der Waals surface area contributed by atoms with Gasteiger partial charge in [-0.25, -0.2) is 13.9 Å². The van der Waals surface area contributed by atoms with Gasteiger partial charge in [0.2, 0.25) is 6.23 Å². The summed E-state index contributed by atoms with van der Waals surface area (Å²) >= 11 is 3.47. The van der Waals surface area contributed by atoms with E-state index in [2.05, 4.69) is 25.8 Å².